The molecule has 0 aromatic carbocycles. The molecule has 0 rings (SSSR count). The van der Waals surface area contributed by atoms with Gasteiger partial charge in [0.2, 0.25) is 5.91 Å². The van der Waals surface area contributed by atoms with E-state index in [1.807, 2.05) is 6.92 Å². The summed E-state index contributed by atoms with van der Waals surface area (Å²) in [6.07, 6.45) is 0.891. The lowest BCUT2D eigenvalue weighted by Crippen LogP contribution is -2.27. The highest BCUT2D eigenvalue weighted by atomic mass is 32.2. The lowest BCUT2D eigenvalue weighted by atomic mass is 10.5. The second-order valence-electron chi connectivity index (χ2n) is 2.48. The summed E-state index contributed by atoms with van der Waals surface area (Å²) in [6, 6.07) is 0. The van der Waals surface area contributed by atoms with Crippen molar-refractivity contribution in [3.05, 3.63) is 0 Å². The first kappa shape index (κ1) is 12.8. The Morgan fingerprint density at radius 3 is 2.71 bits per heavy atom. The van der Waals surface area contributed by atoms with Crippen LogP contribution in [0.15, 0.2) is 4.99 Å². The number of nitrogens with two attached hydrogens (primary N) is 2. The van der Waals surface area contributed by atoms with Gasteiger partial charge in [-0.3, -0.25) is 10.2 Å². The Morgan fingerprint density at radius 2 is 2.21 bits per heavy atom. The highest BCUT2D eigenvalue weighted by Crippen LogP contribution is 2.02. The first-order chi connectivity index (χ1) is 6.56. The van der Waals surface area contributed by atoms with Crippen molar-refractivity contribution < 1.29 is 4.79 Å². The van der Waals surface area contributed by atoms with Gasteiger partial charge in [0.25, 0.3) is 0 Å². The Balaban J connectivity index is 3.67. The van der Waals surface area contributed by atoms with Gasteiger partial charge in [-0.2, -0.15) is 4.99 Å². The zero-order valence-electron chi connectivity index (χ0n) is 8.04. The summed E-state index contributed by atoms with van der Waals surface area (Å²) < 4.78 is 0. The van der Waals surface area contributed by atoms with Crippen LogP contribution in [0.2, 0.25) is 0 Å². The predicted octanol–water partition coefficient (Wildman–Crippen LogP) is -0.546. The Morgan fingerprint density at radius 1 is 1.57 bits per heavy atom. The second-order valence-corrected chi connectivity index (χ2v) is 3.44. The summed E-state index contributed by atoms with van der Waals surface area (Å²) in [7, 11) is 0. The molecule has 0 fully saturated rings. The van der Waals surface area contributed by atoms with Gasteiger partial charge in [0.1, 0.15) is 0 Å². The van der Waals surface area contributed by atoms with Gasteiger partial charge in [-0.25, -0.2) is 0 Å². The zero-order chi connectivity index (χ0) is 11.0. The molecule has 0 bridgehead atoms. The van der Waals surface area contributed by atoms with Crippen LogP contribution in [0.25, 0.3) is 0 Å². The number of thioether (sulfide) groups is 1. The van der Waals surface area contributed by atoms with Crippen molar-refractivity contribution in [2.75, 3.05) is 12.3 Å². The maximum absolute atomic E-state index is 11.1. The summed E-state index contributed by atoms with van der Waals surface area (Å²) in [5.41, 5.74) is 10.1. The summed E-state index contributed by atoms with van der Waals surface area (Å²) in [5, 5.41) is 9.84. The van der Waals surface area contributed by atoms with Crippen LogP contribution in [-0.2, 0) is 4.79 Å². The maximum atomic E-state index is 11.1. The van der Waals surface area contributed by atoms with E-state index in [9.17, 15) is 4.79 Å². The number of guanidine groups is 1. The second kappa shape index (κ2) is 7.19. The average Bonchev–Trinajstić information content (AvgIpc) is 2.10. The van der Waals surface area contributed by atoms with E-state index in [0.29, 0.717) is 6.54 Å². The van der Waals surface area contributed by atoms with Gasteiger partial charge < -0.3 is 16.8 Å². The Hall–Kier alpha value is -1.24. The van der Waals surface area contributed by atoms with Gasteiger partial charge in [-0.15, -0.1) is 0 Å². The van der Waals surface area contributed by atoms with E-state index >= 15 is 0 Å². The van der Waals surface area contributed by atoms with Crippen LogP contribution in [-0.4, -0.2) is 29.3 Å². The largest absolute Gasteiger partial charge is 0.370 e. The SMILES string of the molecule is CCCNC(=O)CSC(=N)N=C(N)N. The molecule has 0 heterocycles. The molecule has 7 heteroatoms. The van der Waals surface area contributed by atoms with Gasteiger partial charge in [-0.1, -0.05) is 18.7 Å². The molecule has 0 atom stereocenters. The Kier molecular flexibility index (Phi) is 6.55. The predicted molar refractivity (Wildman–Crippen MR) is 59.3 cm³/mol. The number of carbonyl (C=O) groups is 1. The first-order valence-electron chi connectivity index (χ1n) is 4.14. The fourth-order valence-corrected chi connectivity index (χ4v) is 1.14. The van der Waals surface area contributed by atoms with E-state index < -0.39 is 0 Å². The lowest BCUT2D eigenvalue weighted by Gasteiger charge is -2.01. The molecule has 0 aromatic heterocycles. The molecule has 0 unspecified atom stereocenters. The van der Waals surface area contributed by atoms with E-state index in [0.717, 1.165) is 18.2 Å². The number of amidine groups is 1. The van der Waals surface area contributed by atoms with E-state index in [1.165, 1.54) is 0 Å². The number of amides is 1. The molecule has 0 spiro atoms. The minimum Gasteiger partial charge on any atom is -0.370 e. The number of nitrogens with zero attached hydrogens (tertiary/aromatic N) is 1. The molecule has 0 saturated heterocycles. The van der Waals surface area contributed by atoms with E-state index in [-0.39, 0.29) is 22.8 Å². The van der Waals surface area contributed by atoms with E-state index in [1.54, 1.807) is 0 Å². The van der Waals surface area contributed by atoms with Crippen LogP contribution in [0.5, 0.6) is 0 Å². The van der Waals surface area contributed by atoms with Crippen molar-refractivity contribution >= 4 is 28.8 Å². The van der Waals surface area contributed by atoms with Crippen LogP contribution in [0.1, 0.15) is 13.3 Å². The third-order valence-corrected chi connectivity index (χ3v) is 1.91. The smallest absolute Gasteiger partial charge is 0.230 e. The van der Waals surface area contributed by atoms with Crippen molar-refractivity contribution in [1.29, 1.82) is 5.41 Å². The minimum absolute atomic E-state index is 0.0587. The number of aliphatic imine (C=N–C) groups is 1. The van der Waals surface area contributed by atoms with Crippen LogP contribution in [0.4, 0.5) is 0 Å². The lowest BCUT2D eigenvalue weighted by molar-refractivity contribution is -0.118. The quantitative estimate of drug-likeness (QED) is 0.373. The third-order valence-electron chi connectivity index (χ3n) is 1.14. The summed E-state index contributed by atoms with van der Waals surface area (Å²) in [4.78, 5) is 14.5. The fourth-order valence-electron chi connectivity index (χ4n) is 0.599. The average molecular weight is 217 g/mol. The molecular formula is C7H15N5OS. The van der Waals surface area contributed by atoms with Crippen molar-refractivity contribution in [2.45, 2.75) is 13.3 Å². The van der Waals surface area contributed by atoms with Crippen molar-refractivity contribution in [3.8, 4) is 0 Å². The van der Waals surface area contributed by atoms with Crippen LogP contribution in [0.3, 0.4) is 0 Å². The highest BCUT2D eigenvalue weighted by molar-refractivity contribution is 8.14. The third kappa shape index (κ3) is 7.41. The van der Waals surface area contributed by atoms with Gasteiger partial charge in [0.15, 0.2) is 11.1 Å². The molecule has 6 nitrogen and oxygen atoms in total. The molecule has 6 N–H and O–H groups in total. The van der Waals surface area contributed by atoms with Gasteiger partial charge in [0.05, 0.1) is 5.75 Å². The Bertz CT molecular complexity index is 236. The topological polar surface area (TPSA) is 117 Å². The number of nitrogens with one attached hydrogen (secondary N) is 2. The maximum Gasteiger partial charge on any atom is 0.230 e. The van der Waals surface area contributed by atoms with Crippen LogP contribution < -0.4 is 16.8 Å². The molecule has 80 valence electrons. The molecular weight excluding hydrogens is 202 g/mol. The molecule has 0 saturated carbocycles. The molecule has 0 radical (unpaired) electrons. The fraction of sp³-hybridized carbons (Fsp3) is 0.571. The highest BCUT2D eigenvalue weighted by Gasteiger charge is 2.02. The van der Waals surface area contributed by atoms with Crippen LogP contribution >= 0.6 is 11.8 Å². The summed E-state index contributed by atoms with van der Waals surface area (Å²) in [5.74, 6) is -0.126. The minimum atomic E-state index is -0.170. The molecule has 0 aliphatic heterocycles. The first-order valence-corrected chi connectivity index (χ1v) is 5.12. The summed E-state index contributed by atoms with van der Waals surface area (Å²) >= 11 is 0.987. The standard InChI is InChI=1S/C7H15N5OS/c1-2-3-11-5(13)4-14-7(10)12-6(8)9/h2-4H2,1H3,(H,11,13)(H5,8,9,10,12). The normalized spacial score (nSPS) is 9.21. The van der Waals surface area contributed by atoms with Gasteiger partial charge in [0, 0.05) is 6.54 Å². The van der Waals surface area contributed by atoms with Crippen LogP contribution in [0, 0.1) is 5.41 Å². The van der Waals surface area contributed by atoms with Gasteiger partial charge >= 0.3 is 0 Å². The van der Waals surface area contributed by atoms with E-state index in [4.69, 9.17) is 16.9 Å². The zero-order valence-corrected chi connectivity index (χ0v) is 8.86. The molecule has 1 amide bonds. The Labute approximate surface area is 87.0 Å². The summed E-state index contributed by atoms with van der Waals surface area (Å²) in [6.45, 7) is 2.61. The number of rotatable bonds is 4. The van der Waals surface area contributed by atoms with Crippen molar-refractivity contribution in [2.24, 2.45) is 16.5 Å². The molecule has 0 aromatic rings. The number of hydrogen-bond donors (Lipinski definition) is 4. The monoisotopic (exact) mass is 217 g/mol. The van der Waals surface area contributed by atoms with E-state index in [2.05, 4.69) is 10.3 Å². The number of hydrogen-bond acceptors (Lipinski definition) is 3. The molecule has 0 aliphatic carbocycles. The van der Waals surface area contributed by atoms with Gasteiger partial charge in [-0.05, 0) is 6.42 Å². The van der Waals surface area contributed by atoms with Crippen molar-refractivity contribution in [3.63, 3.8) is 0 Å². The number of carbonyl (C=O) groups excluding carboxylic acids is 1. The molecule has 14 heavy (non-hydrogen) atoms. The molecule has 0 aliphatic rings. The van der Waals surface area contributed by atoms with Crippen molar-refractivity contribution in [1.82, 2.24) is 5.32 Å².